The van der Waals surface area contributed by atoms with E-state index in [-0.39, 0.29) is 125 Å². The number of benzene rings is 4. The molecule has 4 aromatic carbocycles. The van der Waals surface area contributed by atoms with Gasteiger partial charge >= 0.3 is 0 Å². The largest absolute Gasteiger partial charge is 0.494 e. The van der Waals surface area contributed by atoms with Gasteiger partial charge in [-0.15, -0.1) is 12.4 Å². The molecule has 2 saturated heterocycles. The molecule has 6 aromatic rings. The molecule has 28 heteroatoms. The number of Topliss-reactive ketones (excluding diaryl/α,β-unsaturated/α-hetero) is 4. The van der Waals surface area contributed by atoms with Crippen molar-refractivity contribution in [3.05, 3.63) is 165 Å². The lowest BCUT2D eigenvalue weighted by Crippen LogP contribution is -2.74. The number of carbonyl (C=O) groups excluding carboxylic acids is 9. The van der Waals surface area contributed by atoms with Crippen molar-refractivity contribution in [2.45, 2.75) is 190 Å². The molecule has 2 unspecified atom stereocenters. The Bertz CT molecular complexity index is 4560. The number of ether oxygens (including phenoxy) is 4. The summed E-state index contributed by atoms with van der Waals surface area (Å²) < 4.78 is 24.2. The third-order valence-corrected chi connectivity index (χ3v) is 24.1. The number of pyridine rings is 2. The molecule has 25 nitrogen and oxygen atoms in total. The summed E-state index contributed by atoms with van der Waals surface area (Å²) in [5, 5.41) is 28.8. The van der Waals surface area contributed by atoms with Crippen molar-refractivity contribution in [3.63, 3.8) is 0 Å². The van der Waals surface area contributed by atoms with Gasteiger partial charge in [0.1, 0.15) is 76.8 Å². The highest BCUT2D eigenvalue weighted by molar-refractivity contribution is 6.32. The molecule has 0 spiro atoms. The summed E-state index contributed by atoms with van der Waals surface area (Å²) in [6.45, 7) is 30.6. The lowest BCUT2D eigenvalue weighted by atomic mass is 9.49. The number of nitrogens with zero attached hydrogens (tertiary/aromatic N) is 9. The van der Waals surface area contributed by atoms with Gasteiger partial charge < -0.3 is 59.3 Å². The summed E-state index contributed by atoms with van der Waals surface area (Å²) in [5.74, 6) is 3.16. The Kier molecular flexibility index (Phi) is 34.0. The topological polar surface area (TPSA) is 316 Å². The number of hydrogen-bond donors (Lipinski definition) is 3. The van der Waals surface area contributed by atoms with Crippen LogP contribution in [0.3, 0.4) is 0 Å². The van der Waals surface area contributed by atoms with E-state index in [9.17, 15) is 48.4 Å². The van der Waals surface area contributed by atoms with Gasteiger partial charge in [0.05, 0.1) is 70.4 Å². The molecule has 4 saturated carbocycles. The van der Waals surface area contributed by atoms with E-state index < -0.39 is 12.1 Å². The van der Waals surface area contributed by atoms with Crippen LogP contribution in [0.15, 0.2) is 122 Å². The minimum atomic E-state index is -0.535. The number of anilines is 2. The fourth-order valence-corrected chi connectivity index (χ4v) is 18.0. The molecule has 119 heavy (non-hydrogen) atoms. The van der Waals surface area contributed by atoms with Crippen molar-refractivity contribution in [1.82, 2.24) is 40.6 Å². The number of piperazine rings is 2. The molecular weight excluding hydrogens is 1580 g/mol. The molecule has 4 heterocycles. The first-order chi connectivity index (χ1) is 55.9. The van der Waals surface area contributed by atoms with Gasteiger partial charge in [-0.1, -0.05) is 86.0 Å². The maximum Gasteiger partial charge on any atom is 0.254 e. The monoisotopic (exact) mass is 1690 g/mol. The van der Waals surface area contributed by atoms with Crippen LogP contribution < -0.4 is 44.7 Å². The summed E-state index contributed by atoms with van der Waals surface area (Å²) in [7, 11) is 0. The number of hydrogen-bond acceptors (Lipinski definition) is 21. The summed E-state index contributed by atoms with van der Waals surface area (Å²) in [6, 6.07) is 34.4. The summed E-state index contributed by atoms with van der Waals surface area (Å²) in [5.41, 5.74) is 1.52. The number of carbonyl (C=O) groups is 9. The molecule has 6 aliphatic rings. The molecule has 638 valence electrons. The Labute approximate surface area is 716 Å². The second kappa shape index (κ2) is 42.8. The van der Waals surface area contributed by atoms with Crippen LogP contribution in [0.25, 0.3) is 0 Å². The van der Waals surface area contributed by atoms with Gasteiger partial charge in [-0.05, 0) is 162 Å². The van der Waals surface area contributed by atoms with Gasteiger partial charge in [0.25, 0.3) is 23.6 Å². The average molecular weight is 1690 g/mol. The normalized spacial score (nSPS) is 20.6. The fourth-order valence-electron chi connectivity index (χ4n) is 17.6. The first-order valence-corrected chi connectivity index (χ1v) is 41.5. The van der Waals surface area contributed by atoms with Crippen molar-refractivity contribution < 1.29 is 62.1 Å². The maximum absolute atomic E-state index is 13.4. The third-order valence-electron chi connectivity index (χ3n) is 23.4. The van der Waals surface area contributed by atoms with Crippen LogP contribution >= 0.6 is 35.6 Å². The molecule has 4 aliphatic carbocycles. The molecule has 2 aromatic heterocycles. The zero-order chi connectivity index (χ0) is 84.4. The van der Waals surface area contributed by atoms with Crippen molar-refractivity contribution in [3.8, 4) is 35.1 Å². The number of aldehydes is 1. The standard InChI is InChI=1S/C45H55ClN6O6.C25H30ClN5O2.C20H25NO5.CH4.ClH/c1-6-52(37-18-14-33(53)26-38(37)54)41(56)30-10-15-34(16-11-30)57-25-9-7-8-20-50-21-23-51(24-22-50)39-19-13-32(29-48-39)40(55)49-42-44(2,3)43(45(42,4)5)58-35-17-12-31(28-47)36(46)27-35;1-24(2)22(25(3,4)23(24)33-18-7-5-16(14-27)19(26)13-18)30-21(32)17-6-8-20(29-15-17)31-11-9-28-10-12-31;1-2-21(18-11-8-16(23)14-19(18)24)20(25)15-6-9-17(10-7-15)26-13-5-3-4-12-22;;/h10-13,15-17,19,27,29,37,42-43H,6-9,14,18,20-26H2,1-5H3,(H,49,55);5-8,13,15,22-23,28H,9-12H2,1-4H3,(H,30,32);6-7,9-10,12,18H,2-5,8,11,13-14H2,1H3;1H4;1H. The molecule has 0 bridgehead atoms. The number of amides is 4. The number of rotatable bonds is 29. The lowest BCUT2D eigenvalue weighted by molar-refractivity contribution is -0.164. The van der Waals surface area contributed by atoms with E-state index in [0.29, 0.717) is 125 Å². The molecule has 6 fully saturated rings. The highest BCUT2D eigenvalue weighted by Crippen LogP contribution is 2.57. The van der Waals surface area contributed by atoms with Gasteiger partial charge in [0, 0.05) is 154 Å². The van der Waals surface area contributed by atoms with Crippen molar-refractivity contribution >= 4 is 100 Å². The van der Waals surface area contributed by atoms with Crippen LogP contribution in [0.5, 0.6) is 23.0 Å². The predicted octanol–water partition coefficient (Wildman–Crippen LogP) is 14.0. The van der Waals surface area contributed by atoms with Crippen LogP contribution in [-0.4, -0.2) is 199 Å². The summed E-state index contributed by atoms with van der Waals surface area (Å²) in [4.78, 5) is 129. The Morgan fingerprint density at radius 1 is 0.538 bits per heavy atom. The highest BCUT2D eigenvalue weighted by atomic mass is 35.5. The SMILES string of the molecule is C.CC1(C)C(NC(=O)c2ccc(N3CCNCC3)nc2)C(C)(C)C1Oc1ccc(C#N)c(Cl)c1.CCN(C(=O)c1ccc(OCCCCC=O)cc1)C1CCC(=O)CC1=O.CCN(C(=O)c1ccc(OCCCCCN2CCN(c3ccc(C(=O)NC4C(C)(C)C(Oc5ccc(C#N)c(Cl)c5)C4(C)C)cn3)CC2)cc1)C1CCC(=O)CC1=O.Cl. The second-order valence-electron chi connectivity index (χ2n) is 33.1. The molecule has 4 amide bonds. The Hall–Kier alpha value is -10.0. The smallest absolute Gasteiger partial charge is 0.254 e. The molecule has 2 aliphatic heterocycles. The number of nitrogens with one attached hydrogen (secondary N) is 3. The van der Waals surface area contributed by atoms with Crippen molar-refractivity contribution in [2.75, 3.05) is 95.0 Å². The highest BCUT2D eigenvalue weighted by Gasteiger charge is 2.65. The van der Waals surface area contributed by atoms with E-state index in [1.807, 2.05) is 38.1 Å². The van der Waals surface area contributed by atoms with E-state index in [1.165, 1.54) is 0 Å². The van der Waals surface area contributed by atoms with Gasteiger partial charge in [-0.2, -0.15) is 10.5 Å². The van der Waals surface area contributed by atoms with Crippen LogP contribution in [0, 0.1) is 44.3 Å². The lowest BCUT2D eigenvalue weighted by Gasteiger charge is -2.63. The van der Waals surface area contributed by atoms with Crippen molar-refractivity contribution in [2.24, 2.45) is 21.7 Å². The quantitative estimate of drug-likeness (QED) is 0.0223. The first-order valence-electron chi connectivity index (χ1n) is 40.7. The van der Waals surface area contributed by atoms with Gasteiger partial charge in [0.15, 0.2) is 11.6 Å². The fraction of sp³-hybridized carbons (Fsp3) is 0.505. The Balaban J connectivity index is 0.000000244. The number of halogens is 3. The van der Waals surface area contributed by atoms with Gasteiger partial charge in [-0.25, -0.2) is 9.97 Å². The van der Waals surface area contributed by atoms with E-state index in [4.69, 9.17) is 47.4 Å². The number of ketones is 4. The number of nitriles is 2. The number of likely N-dealkylation sites (N-methyl/N-ethyl adjacent to an activating group) is 2. The third kappa shape index (κ3) is 23.3. The van der Waals surface area contributed by atoms with Crippen LogP contribution in [0.2, 0.25) is 10.0 Å². The molecule has 2 atom stereocenters. The van der Waals surface area contributed by atoms with E-state index in [0.717, 1.165) is 109 Å². The van der Waals surface area contributed by atoms with E-state index in [2.05, 4.69) is 108 Å². The van der Waals surface area contributed by atoms with Crippen LogP contribution in [0.4, 0.5) is 11.6 Å². The molecule has 0 radical (unpaired) electrons. The van der Waals surface area contributed by atoms with Gasteiger partial charge in [0.2, 0.25) is 0 Å². The number of unbranched alkanes of at least 4 members (excludes halogenated alkanes) is 4. The molecule has 12 rings (SSSR count). The minimum Gasteiger partial charge on any atom is -0.494 e. The number of aromatic nitrogens is 2. The van der Waals surface area contributed by atoms with E-state index in [1.54, 1.807) is 107 Å². The van der Waals surface area contributed by atoms with Crippen molar-refractivity contribution in [1.29, 1.82) is 10.5 Å². The van der Waals surface area contributed by atoms with Gasteiger partial charge in [-0.3, -0.25) is 43.3 Å². The van der Waals surface area contributed by atoms with Crippen LogP contribution in [-0.2, 0) is 24.0 Å². The predicted molar refractivity (Wildman–Crippen MR) is 461 cm³/mol. The van der Waals surface area contributed by atoms with E-state index >= 15 is 0 Å². The zero-order valence-electron chi connectivity index (χ0n) is 69.3. The first kappa shape index (κ1) is 94.5. The summed E-state index contributed by atoms with van der Waals surface area (Å²) >= 11 is 12.4. The second-order valence-corrected chi connectivity index (χ2v) is 33.9. The van der Waals surface area contributed by atoms with Crippen LogP contribution in [0.1, 0.15) is 206 Å². The Morgan fingerprint density at radius 3 is 1.29 bits per heavy atom. The zero-order valence-corrected chi connectivity index (χ0v) is 71.6. The minimum absolute atomic E-state index is 0. The molecular formula is C91H115Cl3N12O13. The average Bonchev–Trinajstić information content (AvgIpc) is 0.711. The maximum atomic E-state index is 13.4. The Morgan fingerprint density at radius 2 is 0.924 bits per heavy atom. The molecule has 3 N–H and O–H groups in total. The summed E-state index contributed by atoms with van der Waals surface area (Å²) in [6.07, 6.45) is 10.3.